The van der Waals surface area contributed by atoms with Crippen molar-refractivity contribution < 1.29 is 13.9 Å². The third-order valence-electron chi connectivity index (χ3n) is 1.79. The van der Waals surface area contributed by atoms with Crippen molar-refractivity contribution in [1.29, 1.82) is 0 Å². The zero-order valence-electron chi connectivity index (χ0n) is 7.74. The van der Waals surface area contributed by atoms with Gasteiger partial charge in [0.2, 0.25) is 0 Å². The molecule has 1 aromatic rings. The van der Waals surface area contributed by atoms with E-state index in [4.69, 9.17) is 5.73 Å². The average Bonchev–Trinajstić information content (AvgIpc) is 1.98. The van der Waals surface area contributed by atoms with Crippen molar-refractivity contribution in [2.24, 2.45) is 5.73 Å². The van der Waals surface area contributed by atoms with E-state index in [0.717, 1.165) is 6.07 Å². The number of halogens is 3. The zero-order chi connectivity index (χ0) is 11.1. The van der Waals surface area contributed by atoms with Crippen LogP contribution in [-0.4, -0.2) is 5.11 Å². The van der Waals surface area contributed by atoms with Gasteiger partial charge in [0, 0.05) is 5.54 Å². The Morgan fingerprint density at radius 1 is 1.43 bits per heavy atom. The largest absolute Gasteiger partial charge is 0.505 e. The van der Waals surface area contributed by atoms with E-state index in [1.165, 1.54) is 13.8 Å². The number of hydrogen-bond acceptors (Lipinski definition) is 2. The monoisotopic (exact) mass is 265 g/mol. The number of rotatable bonds is 1. The SMILES string of the molecule is CC(C)(N)c1c(O)c(F)cc(Br)c1F. The normalized spacial score (nSPS) is 11.9. The highest BCUT2D eigenvalue weighted by molar-refractivity contribution is 9.10. The molecule has 2 nitrogen and oxygen atoms in total. The van der Waals surface area contributed by atoms with Crippen molar-refractivity contribution >= 4 is 15.9 Å². The Kier molecular flexibility index (Phi) is 2.83. The second-order valence-corrected chi connectivity index (χ2v) is 4.45. The molecule has 0 heterocycles. The maximum atomic E-state index is 13.5. The highest BCUT2D eigenvalue weighted by Gasteiger charge is 2.27. The van der Waals surface area contributed by atoms with Crippen LogP contribution in [0, 0.1) is 11.6 Å². The summed E-state index contributed by atoms with van der Waals surface area (Å²) in [5.41, 5.74) is 4.24. The Bertz CT molecular complexity index is 348. The van der Waals surface area contributed by atoms with Gasteiger partial charge in [0.05, 0.1) is 10.0 Å². The quantitative estimate of drug-likeness (QED) is 0.767. The van der Waals surface area contributed by atoms with E-state index in [0.29, 0.717) is 0 Å². The molecule has 0 aliphatic rings. The van der Waals surface area contributed by atoms with Crippen LogP contribution in [0.3, 0.4) is 0 Å². The van der Waals surface area contributed by atoms with E-state index in [1.807, 2.05) is 0 Å². The van der Waals surface area contributed by atoms with Gasteiger partial charge in [0.25, 0.3) is 0 Å². The van der Waals surface area contributed by atoms with Crippen LogP contribution < -0.4 is 5.73 Å². The molecule has 78 valence electrons. The molecule has 0 atom stereocenters. The van der Waals surface area contributed by atoms with Crippen molar-refractivity contribution in [3.63, 3.8) is 0 Å². The molecular formula is C9H10BrF2NO. The van der Waals surface area contributed by atoms with Crippen LogP contribution in [0.25, 0.3) is 0 Å². The van der Waals surface area contributed by atoms with Gasteiger partial charge in [-0.3, -0.25) is 0 Å². The summed E-state index contributed by atoms with van der Waals surface area (Å²) in [7, 11) is 0. The molecule has 3 N–H and O–H groups in total. The van der Waals surface area contributed by atoms with E-state index in [9.17, 15) is 13.9 Å². The van der Waals surface area contributed by atoms with E-state index in [1.54, 1.807) is 0 Å². The van der Waals surface area contributed by atoms with Crippen molar-refractivity contribution in [3.8, 4) is 5.75 Å². The van der Waals surface area contributed by atoms with Crippen LogP contribution >= 0.6 is 15.9 Å². The maximum absolute atomic E-state index is 13.5. The molecule has 0 unspecified atom stereocenters. The Balaban J connectivity index is 3.56. The van der Waals surface area contributed by atoms with Crippen LogP contribution in [0.15, 0.2) is 10.5 Å². The molecule has 0 amide bonds. The summed E-state index contributed by atoms with van der Waals surface area (Å²) in [5.74, 6) is -2.37. The predicted octanol–water partition coefficient (Wildman–Crippen LogP) is 2.63. The van der Waals surface area contributed by atoms with E-state index in [-0.39, 0.29) is 10.0 Å². The molecule has 0 saturated heterocycles. The standard InChI is InChI=1S/C9H10BrF2NO/c1-9(2,13)6-7(12)4(10)3-5(11)8(6)14/h3,14H,13H2,1-2H3. The number of benzene rings is 1. The van der Waals surface area contributed by atoms with Crippen molar-refractivity contribution in [1.82, 2.24) is 0 Å². The number of phenols is 1. The highest BCUT2D eigenvalue weighted by atomic mass is 79.9. The smallest absolute Gasteiger partial charge is 0.166 e. The molecule has 0 bridgehead atoms. The van der Waals surface area contributed by atoms with Crippen LogP contribution in [-0.2, 0) is 5.54 Å². The van der Waals surface area contributed by atoms with Gasteiger partial charge in [0.15, 0.2) is 11.6 Å². The van der Waals surface area contributed by atoms with Crippen LogP contribution in [0.1, 0.15) is 19.4 Å². The van der Waals surface area contributed by atoms with Gasteiger partial charge in [-0.1, -0.05) is 0 Å². The maximum Gasteiger partial charge on any atom is 0.166 e. The van der Waals surface area contributed by atoms with Crippen LogP contribution in [0.5, 0.6) is 5.75 Å². The molecule has 1 rings (SSSR count). The Labute approximate surface area is 88.9 Å². The summed E-state index contributed by atoms with van der Waals surface area (Å²) in [6, 6.07) is 0.861. The average molecular weight is 266 g/mol. The van der Waals surface area contributed by atoms with Gasteiger partial charge in [-0.05, 0) is 35.8 Å². The fourth-order valence-electron chi connectivity index (χ4n) is 1.17. The topological polar surface area (TPSA) is 46.2 Å². The molecular weight excluding hydrogens is 256 g/mol. The van der Waals surface area contributed by atoms with E-state index in [2.05, 4.69) is 15.9 Å². The summed E-state index contributed by atoms with van der Waals surface area (Å²) >= 11 is 2.84. The fourth-order valence-corrected chi connectivity index (χ4v) is 1.57. The first-order valence-electron chi connectivity index (χ1n) is 3.91. The van der Waals surface area contributed by atoms with Gasteiger partial charge in [0.1, 0.15) is 5.82 Å². The summed E-state index contributed by atoms with van der Waals surface area (Å²) in [5, 5.41) is 9.32. The molecule has 0 saturated carbocycles. The molecule has 14 heavy (non-hydrogen) atoms. The zero-order valence-corrected chi connectivity index (χ0v) is 9.32. The van der Waals surface area contributed by atoms with Gasteiger partial charge >= 0.3 is 0 Å². The molecule has 0 aliphatic carbocycles. The van der Waals surface area contributed by atoms with E-state index < -0.39 is 22.9 Å². The van der Waals surface area contributed by atoms with Gasteiger partial charge < -0.3 is 10.8 Å². The third kappa shape index (κ3) is 1.88. The highest BCUT2D eigenvalue weighted by Crippen LogP contribution is 2.35. The summed E-state index contributed by atoms with van der Waals surface area (Å²) < 4.78 is 26.5. The lowest BCUT2D eigenvalue weighted by Crippen LogP contribution is -2.30. The van der Waals surface area contributed by atoms with Gasteiger partial charge in [-0.25, -0.2) is 8.78 Å². The van der Waals surface area contributed by atoms with Crippen LogP contribution in [0.4, 0.5) is 8.78 Å². The van der Waals surface area contributed by atoms with Crippen molar-refractivity contribution in [3.05, 3.63) is 27.7 Å². The summed E-state index contributed by atoms with van der Waals surface area (Å²) in [4.78, 5) is 0. The van der Waals surface area contributed by atoms with Crippen molar-refractivity contribution in [2.45, 2.75) is 19.4 Å². The first kappa shape index (κ1) is 11.4. The van der Waals surface area contributed by atoms with Crippen molar-refractivity contribution in [2.75, 3.05) is 0 Å². The number of hydrogen-bond donors (Lipinski definition) is 2. The molecule has 0 spiro atoms. The third-order valence-corrected chi connectivity index (χ3v) is 2.37. The summed E-state index contributed by atoms with van der Waals surface area (Å²) in [6.07, 6.45) is 0. The van der Waals surface area contributed by atoms with Gasteiger partial charge in [-0.2, -0.15) is 0 Å². The second kappa shape index (κ2) is 3.47. The first-order chi connectivity index (χ1) is 6.25. The number of aromatic hydroxyl groups is 1. The lowest BCUT2D eigenvalue weighted by atomic mass is 9.94. The molecule has 1 aromatic carbocycles. The van der Waals surface area contributed by atoms with Gasteiger partial charge in [-0.15, -0.1) is 0 Å². The number of nitrogens with two attached hydrogens (primary N) is 1. The van der Waals surface area contributed by atoms with Crippen LogP contribution in [0.2, 0.25) is 0 Å². The minimum absolute atomic E-state index is 0.0543. The molecule has 0 radical (unpaired) electrons. The Hall–Kier alpha value is -0.680. The minimum Gasteiger partial charge on any atom is -0.505 e. The fraction of sp³-hybridized carbons (Fsp3) is 0.333. The summed E-state index contributed by atoms with van der Waals surface area (Å²) in [6.45, 7) is 2.97. The lowest BCUT2D eigenvalue weighted by molar-refractivity contribution is 0.389. The predicted molar refractivity (Wildman–Crippen MR) is 52.9 cm³/mol. The molecule has 5 heteroatoms. The number of phenolic OH excluding ortho intramolecular Hbond substituents is 1. The minimum atomic E-state index is -1.14. The van der Waals surface area contributed by atoms with E-state index >= 15 is 0 Å². The first-order valence-corrected chi connectivity index (χ1v) is 4.70. The second-order valence-electron chi connectivity index (χ2n) is 3.60. The molecule has 0 aliphatic heterocycles. The Morgan fingerprint density at radius 3 is 2.36 bits per heavy atom. The lowest BCUT2D eigenvalue weighted by Gasteiger charge is -2.21. The molecule has 0 aromatic heterocycles. The molecule has 0 fully saturated rings. The Morgan fingerprint density at radius 2 is 1.93 bits per heavy atom.